The van der Waals surface area contributed by atoms with Crippen LogP contribution in [0.3, 0.4) is 0 Å². The highest BCUT2D eigenvalue weighted by Gasteiger charge is 2.28. The van der Waals surface area contributed by atoms with Crippen LogP contribution in [0.25, 0.3) is 0 Å². The minimum Gasteiger partial charge on any atom is -0.374 e. The summed E-state index contributed by atoms with van der Waals surface area (Å²) in [6.45, 7) is 6.72. The Bertz CT molecular complexity index is 452. The number of amides is 1. The molecular weight excluding hydrogens is 395 g/mol. The number of carbonyl (C=O) groups excluding carboxylic acids is 2. The minimum atomic E-state index is -0.593. The molecule has 3 fully saturated rings. The van der Waals surface area contributed by atoms with Gasteiger partial charge in [-0.25, -0.2) is 9.59 Å². The van der Waals surface area contributed by atoms with Crippen molar-refractivity contribution in [1.82, 2.24) is 20.4 Å². The summed E-state index contributed by atoms with van der Waals surface area (Å²) in [4.78, 5) is 28.0. The molecule has 3 aliphatic heterocycles. The number of nitrogens with one attached hydrogen (secondary N) is 2. The first-order valence-electron chi connectivity index (χ1n) is 9.49. The first-order chi connectivity index (χ1) is 12.2. The largest absolute Gasteiger partial charge is 0.417 e. The predicted molar refractivity (Wildman–Crippen MR) is 107 cm³/mol. The summed E-state index contributed by atoms with van der Waals surface area (Å²) in [5.41, 5.74) is 0. The van der Waals surface area contributed by atoms with E-state index in [1.165, 1.54) is 0 Å². The van der Waals surface area contributed by atoms with Crippen molar-refractivity contribution in [2.75, 3.05) is 59.0 Å². The van der Waals surface area contributed by atoms with Gasteiger partial charge >= 0.3 is 12.1 Å². The topological polar surface area (TPSA) is 83.1 Å². The van der Waals surface area contributed by atoms with E-state index in [0.29, 0.717) is 19.1 Å². The maximum absolute atomic E-state index is 12.1. The third-order valence-corrected chi connectivity index (χ3v) is 5.32. The van der Waals surface area contributed by atoms with Gasteiger partial charge in [-0.3, -0.25) is 4.90 Å². The Morgan fingerprint density at radius 1 is 0.852 bits per heavy atom. The maximum atomic E-state index is 12.1. The summed E-state index contributed by atoms with van der Waals surface area (Å²) in [5.74, 6) is -0.593. The highest BCUT2D eigenvalue weighted by atomic mass is 35.5. The molecule has 3 saturated heterocycles. The predicted octanol–water partition coefficient (Wildman–Crippen LogP) is 0.631. The van der Waals surface area contributed by atoms with E-state index in [1.807, 2.05) is 0 Å². The van der Waals surface area contributed by atoms with Crippen molar-refractivity contribution >= 4 is 36.9 Å². The summed E-state index contributed by atoms with van der Waals surface area (Å²) in [7, 11) is 0. The van der Waals surface area contributed by atoms with Crippen molar-refractivity contribution in [1.29, 1.82) is 0 Å². The van der Waals surface area contributed by atoms with E-state index in [0.717, 1.165) is 65.0 Å². The number of carbonyl (C=O) groups is 2. The van der Waals surface area contributed by atoms with Crippen LogP contribution in [-0.4, -0.2) is 93.0 Å². The summed E-state index contributed by atoms with van der Waals surface area (Å²) in [6.07, 6.45) is 3.65. The molecule has 3 heterocycles. The number of ether oxygens (including phenoxy) is 2. The van der Waals surface area contributed by atoms with Crippen LogP contribution in [0.4, 0.5) is 4.79 Å². The molecular formula is C17H32Cl2N4O4. The van der Waals surface area contributed by atoms with Gasteiger partial charge in [-0.1, -0.05) is 0 Å². The zero-order valence-corrected chi connectivity index (χ0v) is 17.3. The molecule has 27 heavy (non-hydrogen) atoms. The van der Waals surface area contributed by atoms with Gasteiger partial charge in [0.1, 0.15) is 6.61 Å². The van der Waals surface area contributed by atoms with Crippen molar-refractivity contribution in [2.45, 2.75) is 37.8 Å². The van der Waals surface area contributed by atoms with Gasteiger partial charge < -0.3 is 25.0 Å². The smallest absolute Gasteiger partial charge is 0.374 e. The number of nitrogens with zero attached hydrogens (tertiary/aromatic N) is 2. The highest BCUT2D eigenvalue weighted by molar-refractivity contribution is 5.86. The maximum Gasteiger partial charge on any atom is 0.417 e. The SMILES string of the molecule is Cl.Cl.O=C(COC1CCNCC1)OC(=O)N1CCN(C2CCNCC2)CC1. The normalized spacial score (nSPS) is 22.4. The van der Waals surface area contributed by atoms with Gasteiger partial charge in [0, 0.05) is 32.2 Å². The fourth-order valence-electron chi connectivity index (χ4n) is 3.78. The molecule has 8 nitrogen and oxygen atoms in total. The molecule has 0 saturated carbocycles. The number of esters is 1. The second kappa shape index (κ2) is 12.7. The van der Waals surface area contributed by atoms with E-state index in [-0.39, 0.29) is 37.5 Å². The van der Waals surface area contributed by atoms with Gasteiger partial charge in [0.05, 0.1) is 6.10 Å². The Morgan fingerprint density at radius 2 is 1.41 bits per heavy atom. The molecule has 0 bridgehead atoms. The Kier molecular flexibility index (Phi) is 11.5. The average Bonchev–Trinajstić information content (AvgIpc) is 2.68. The fraction of sp³-hybridized carbons (Fsp3) is 0.882. The Hall–Kier alpha value is -0.640. The van der Waals surface area contributed by atoms with E-state index >= 15 is 0 Å². The lowest BCUT2D eigenvalue weighted by Gasteiger charge is -2.40. The fourth-order valence-corrected chi connectivity index (χ4v) is 3.78. The van der Waals surface area contributed by atoms with Crippen LogP contribution in [0, 0.1) is 0 Å². The van der Waals surface area contributed by atoms with Gasteiger partial charge in [0.15, 0.2) is 0 Å². The number of piperidine rings is 2. The van der Waals surface area contributed by atoms with Crippen molar-refractivity contribution in [3.05, 3.63) is 0 Å². The second-order valence-corrected chi connectivity index (χ2v) is 7.00. The van der Waals surface area contributed by atoms with Gasteiger partial charge in [-0.2, -0.15) is 0 Å². The van der Waals surface area contributed by atoms with Crippen molar-refractivity contribution < 1.29 is 19.1 Å². The number of hydrogen-bond acceptors (Lipinski definition) is 7. The van der Waals surface area contributed by atoms with Crippen LogP contribution in [-0.2, 0) is 14.3 Å². The lowest BCUT2D eigenvalue weighted by molar-refractivity contribution is -0.146. The Labute approximate surface area is 173 Å². The molecule has 0 aliphatic carbocycles. The van der Waals surface area contributed by atoms with Crippen LogP contribution in [0.15, 0.2) is 0 Å². The number of hydrogen-bond donors (Lipinski definition) is 2. The van der Waals surface area contributed by atoms with Crippen molar-refractivity contribution in [2.24, 2.45) is 0 Å². The molecule has 0 aromatic carbocycles. The molecule has 0 spiro atoms. The number of rotatable bonds is 4. The lowest BCUT2D eigenvalue weighted by Crippen LogP contribution is -2.54. The third kappa shape index (κ3) is 7.71. The quantitative estimate of drug-likeness (QED) is 0.503. The van der Waals surface area contributed by atoms with E-state index in [4.69, 9.17) is 9.47 Å². The standard InChI is InChI=1S/C17H30N4O4.2ClH/c22-16(13-24-15-3-7-19-8-4-15)25-17(23)21-11-9-20(10-12-21)14-1-5-18-6-2-14;;/h14-15,18-19H,1-13H2;2*1H. The van der Waals surface area contributed by atoms with Gasteiger partial charge in [-0.05, 0) is 51.9 Å². The zero-order valence-electron chi connectivity index (χ0n) is 15.7. The lowest BCUT2D eigenvalue weighted by atomic mass is 10.0. The van der Waals surface area contributed by atoms with E-state index < -0.39 is 12.1 Å². The molecule has 0 radical (unpaired) electrons. The van der Waals surface area contributed by atoms with Gasteiger partial charge in [-0.15, -0.1) is 24.8 Å². The molecule has 0 atom stereocenters. The monoisotopic (exact) mass is 426 g/mol. The number of piperazine rings is 1. The van der Waals surface area contributed by atoms with E-state index in [9.17, 15) is 9.59 Å². The molecule has 0 aromatic rings. The second-order valence-electron chi connectivity index (χ2n) is 7.00. The molecule has 1 amide bonds. The molecule has 3 aliphatic rings. The van der Waals surface area contributed by atoms with E-state index in [2.05, 4.69) is 15.5 Å². The third-order valence-electron chi connectivity index (χ3n) is 5.32. The summed E-state index contributed by atoms with van der Waals surface area (Å²) < 4.78 is 10.5. The Balaban J connectivity index is 0.00000182. The minimum absolute atomic E-state index is 0. The van der Waals surface area contributed by atoms with Crippen molar-refractivity contribution in [3.8, 4) is 0 Å². The molecule has 2 N–H and O–H groups in total. The van der Waals surface area contributed by atoms with Gasteiger partial charge in [0.25, 0.3) is 0 Å². The van der Waals surface area contributed by atoms with Crippen LogP contribution < -0.4 is 10.6 Å². The summed E-state index contributed by atoms with van der Waals surface area (Å²) >= 11 is 0. The van der Waals surface area contributed by atoms with Crippen LogP contribution in [0.1, 0.15) is 25.7 Å². The first kappa shape index (κ1) is 24.4. The average molecular weight is 427 g/mol. The molecule has 158 valence electrons. The van der Waals surface area contributed by atoms with Crippen LogP contribution >= 0.6 is 24.8 Å². The zero-order chi connectivity index (χ0) is 17.5. The molecule has 10 heteroatoms. The summed E-state index contributed by atoms with van der Waals surface area (Å²) in [6, 6.07) is 0.611. The number of halogens is 2. The van der Waals surface area contributed by atoms with Crippen molar-refractivity contribution in [3.63, 3.8) is 0 Å². The van der Waals surface area contributed by atoms with Crippen LogP contribution in [0.5, 0.6) is 0 Å². The molecule has 0 aromatic heterocycles. The highest BCUT2D eigenvalue weighted by Crippen LogP contribution is 2.15. The Morgan fingerprint density at radius 3 is 2.00 bits per heavy atom. The molecule has 0 unspecified atom stereocenters. The van der Waals surface area contributed by atoms with Crippen LogP contribution in [0.2, 0.25) is 0 Å². The molecule has 3 rings (SSSR count). The summed E-state index contributed by atoms with van der Waals surface area (Å²) in [5, 5.41) is 6.61. The first-order valence-corrected chi connectivity index (χ1v) is 9.49. The van der Waals surface area contributed by atoms with Gasteiger partial charge in [0.2, 0.25) is 0 Å². The van der Waals surface area contributed by atoms with E-state index in [1.54, 1.807) is 4.90 Å².